The summed E-state index contributed by atoms with van der Waals surface area (Å²) in [6, 6.07) is 0.269. The molecule has 0 bridgehead atoms. The van der Waals surface area contributed by atoms with Crippen LogP contribution < -0.4 is 5.32 Å². The molecule has 1 saturated heterocycles. The summed E-state index contributed by atoms with van der Waals surface area (Å²) in [6.07, 6.45) is 7.25. The van der Waals surface area contributed by atoms with E-state index in [2.05, 4.69) is 10.4 Å². The van der Waals surface area contributed by atoms with Crippen LogP contribution in [-0.2, 0) is 21.9 Å². The van der Waals surface area contributed by atoms with Crippen LogP contribution in [0, 0.1) is 12.8 Å². The van der Waals surface area contributed by atoms with E-state index in [1.54, 1.807) is 18.7 Å². The van der Waals surface area contributed by atoms with Crippen LogP contribution in [0.3, 0.4) is 0 Å². The van der Waals surface area contributed by atoms with Crippen LogP contribution in [0.15, 0.2) is 11.1 Å². The Bertz CT molecular complexity index is 707. The Hall–Kier alpha value is -1.41. The van der Waals surface area contributed by atoms with Gasteiger partial charge in [0.25, 0.3) is 0 Å². The van der Waals surface area contributed by atoms with Gasteiger partial charge >= 0.3 is 0 Å². The molecular weight excluding hydrogens is 328 g/mol. The minimum Gasteiger partial charge on any atom is -0.353 e. The van der Waals surface area contributed by atoms with Crippen LogP contribution in [0.1, 0.15) is 44.2 Å². The van der Waals surface area contributed by atoms with Gasteiger partial charge in [0.1, 0.15) is 4.90 Å². The van der Waals surface area contributed by atoms with Crippen molar-refractivity contribution in [3.63, 3.8) is 0 Å². The maximum Gasteiger partial charge on any atom is 0.246 e. The second kappa shape index (κ2) is 6.84. The molecule has 2 heterocycles. The number of piperidine rings is 1. The van der Waals surface area contributed by atoms with Crippen LogP contribution in [-0.4, -0.2) is 47.5 Å². The van der Waals surface area contributed by atoms with Crippen molar-refractivity contribution in [1.82, 2.24) is 19.4 Å². The fourth-order valence-corrected chi connectivity index (χ4v) is 5.34. The van der Waals surface area contributed by atoms with Crippen molar-refractivity contribution in [2.75, 3.05) is 13.1 Å². The van der Waals surface area contributed by atoms with E-state index >= 15 is 0 Å². The van der Waals surface area contributed by atoms with Crippen LogP contribution in [0.25, 0.3) is 0 Å². The highest BCUT2D eigenvalue weighted by Crippen LogP contribution is 2.26. The number of hydrogen-bond donors (Lipinski definition) is 1. The number of rotatable bonds is 4. The van der Waals surface area contributed by atoms with E-state index in [9.17, 15) is 13.2 Å². The first kappa shape index (κ1) is 17.4. The van der Waals surface area contributed by atoms with Gasteiger partial charge in [0, 0.05) is 26.2 Å². The van der Waals surface area contributed by atoms with E-state index in [4.69, 9.17) is 0 Å². The first-order valence-corrected chi connectivity index (χ1v) is 10.1. The Kier molecular flexibility index (Phi) is 4.96. The second-order valence-electron chi connectivity index (χ2n) is 6.91. The molecule has 24 heavy (non-hydrogen) atoms. The summed E-state index contributed by atoms with van der Waals surface area (Å²) in [5.74, 6) is -0.254. The molecule has 1 aliphatic carbocycles. The van der Waals surface area contributed by atoms with Crippen molar-refractivity contribution in [1.29, 1.82) is 0 Å². The number of nitrogens with one attached hydrogen (secondary N) is 1. The number of sulfonamides is 1. The maximum atomic E-state index is 12.9. The van der Waals surface area contributed by atoms with Crippen molar-refractivity contribution < 1.29 is 13.2 Å². The monoisotopic (exact) mass is 354 g/mol. The number of carbonyl (C=O) groups is 1. The third-order valence-corrected chi connectivity index (χ3v) is 7.23. The Morgan fingerprint density at radius 2 is 1.96 bits per heavy atom. The van der Waals surface area contributed by atoms with Gasteiger partial charge < -0.3 is 5.32 Å². The lowest BCUT2D eigenvalue weighted by atomic mass is 9.98. The minimum atomic E-state index is -3.60. The number of aromatic nitrogens is 2. The highest BCUT2D eigenvalue weighted by molar-refractivity contribution is 7.89. The Balaban J connectivity index is 1.70. The fraction of sp³-hybridized carbons (Fsp3) is 0.750. The van der Waals surface area contributed by atoms with Gasteiger partial charge in [0.15, 0.2) is 0 Å². The predicted octanol–water partition coefficient (Wildman–Crippen LogP) is 1.19. The number of aryl methyl sites for hydroxylation is 1. The zero-order valence-electron chi connectivity index (χ0n) is 14.4. The van der Waals surface area contributed by atoms with E-state index in [1.807, 2.05) is 0 Å². The zero-order valence-corrected chi connectivity index (χ0v) is 15.2. The average Bonchev–Trinajstić information content (AvgIpc) is 3.18. The fourth-order valence-electron chi connectivity index (χ4n) is 3.63. The third-order valence-electron chi connectivity index (χ3n) is 5.26. The summed E-state index contributed by atoms with van der Waals surface area (Å²) in [4.78, 5) is 12.7. The van der Waals surface area contributed by atoms with Crippen molar-refractivity contribution in [2.45, 2.75) is 56.4 Å². The minimum absolute atomic E-state index is 0.00436. The molecular formula is C16H26N4O3S. The van der Waals surface area contributed by atoms with Gasteiger partial charge in [0.05, 0.1) is 17.8 Å². The molecule has 134 valence electrons. The SMILES string of the molecule is Cc1c(S(=O)(=O)N2CCC[C@@H](C(=O)NC3CCCC3)C2)cnn1C. The first-order valence-electron chi connectivity index (χ1n) is 8.68. The van der Waals surface area contributed by atoms with Gasteiger partial charge in [-0.2, -0.15) is 9.40 Å². The third kappa shape index (κ3) is 3.35. The molecule has 3 rings (SSSR count). The smallest absolute Gasteiger partial charge is 0.246 e. The second-order valence-corrected chi connectivity index (χ2v) is 8.82. The van der Waals surface area contributed by atoms with Gasteiger partial charge in [-0.1, -0.05) is 12.8 Å². The van der Waals surface area contributed by atoms with Gasteiger partial charge in [-0.3, -0.25) is 9.48 Å². The molecule has 8 heteroatoms. The first-order chi connectivity index (χ1) is 11.4. The number of hydrogen-bond acceptors (Lipinski definition) is 4. The van der Waals surface area contributed by atoms with Crippen LogP contribution >= 0.6 is 0 Å². The predicted molar refractivity (Wildman–Crippen MR) is 89.8 cm³/mol. The van der Waals surface area contributed by atoms with E-state index < -0.39 is 10.0 Å². The molecule has 2 fully saturated rings. The Labute approximate surface area is 143 Å². The molecule has 1 aromatic rings. The molecule has 0 radical (unpaired) electrons. The van der Waals surface area contributed by atoms with Gasteiger partial charge in [-0.15, -0.1) is 0 Å². The molecule has 2 aliphatic rings. The largest absolute Gasteiger partial charge is 0.353 e. The summed E-state index contributed by atoms with van der Waals surface area (Å²) in [7, 11) is -1.87. The molecule has 1 saturated carbocycles. The zero-order chi connectivity index (χ0) is 17.3. The Morgan fingerprint density at radius 3 is 2.58 bits per heavy atom. The topological polar surface area (TPSA) is 84.3 Å². The van der Waals surface area contributed by atoms with Gasteiger partial charge in [-0.25, -0.2) is 8.42 Å². The molecule has 0 unspecified atom stereocenters. The van der Waals surface area contributed by atoms with Crippen LogP contribution in [0.5, 0.6) is 0 Å². The quantitative estimate of drug-likeness (QED) is 0.880. The molecule has 1 amide bonds. The van der Waals surface area contributed by atoms with Crippen LogP contribution in [0.2, 0.25) is 0 Å². The molecule has 0 spiro atoms. The number of carbonyl (C=O) groups excluding carboxylic acids is 1. The van der Waals surface area contributed by atoms with Crippen molar-refractivity contribution in [3.05, 3.63) is 11.9 Å². The molecule has 1 aliphatic heterocycles. The summed E-state index contributed by atoms with van der Waals surface area (Å²) >= 11 is 0. The number of amides is 1. The van der Waals surface area contributed by atoms with Gasteiger partial charge in [0.2, 0.25) is 15.9 Å². The highest BCUT2D eigenvalue weighted by Gasteiger charge is 2.35. The summed E-state index contributed by atoms with van der Waals surface area (Å²) < 4.78 is 28.8. The lowest BCUT2D eigenvalue weighted by Gasteiger charge is -2.31. The molecule has 0 aromatic carbocycles. The molecule has 1 aromatic heterocycles. The Morgan fingerprint density at radius 1 is 1.25 bits per heavy atom. The van der Waals surface area contributed by atoms with E-state index in [1.165, 1.54) is 10.5 Å². The van der Waals surface area contributed by atoms with E-state index in [0.29, 0.717) is 18.7 Å². The molecule has 7 nitrogen and oxygen atoms in total. The maximum absolute atomic E-state index is 12.9. The van der Waals surface area contributed by atoms with Crippen molar-refractivity contribution in [2.24, 2.45) is 13.0 Å². The van der Waals surface area contributed by atoms with E-state index in [0.717, 1.165) is 32.1 Å². The summed E-state index contributed by atoms with van der Waals surface area (Å²) in [5.41, 5.74) is 0.618. The van der Waals surface area contributed by atoms with Gasteiger partial charge in [-0.05, 0) is 32.6 Å². The van der Waals surface area contributed by atoms with Crippen LogP contribution in [0.4, 0.5) is 0 Å². The summed E-state index contributed by atoms with van der Waals surface area (Å²) in [6.45, 7) is 2.47. The van der Waals surface area contributed by atoms with Crippen molar-refractivity contribution >= 4 is 15.9 Å². The lowest BCUT2D eigenvalue weighted by Crippen LogP contribution is -2.47. The van der Waals surface area contributed by atoms with Crippen molar-refractivity contribution in [3.8, 4) is 0 Å². The molecule has 1 N–H and O–H groups in total. The van der Waals surface area contributed by atoms with E-state index in [-0.39, 0.29) is 29.3 Å². The standard InChI is InChI=1S/C16H26N4O3S/c1-12-15(10-17-19(12)2)24(22,23)20-9-5-6-13(11-20)16(21)18-14-7-3-4-8-14/h10,13-14H,3-9,11H2,1-2H3,(H,18,21)/t13-/m1/s1. The normalized spacial score (nSPS) is 23.5. The lowest BCUT2D eigenvalue weighted by molar-refractivity contribution is -0.126. The summed E-state index contributed by atoms with van der Waals surface area (Å²) in [5, 5.41) is 7.13. The number of nitrogens with zero attached hydrogens (tertiary/aromatic N) is 3. The average molecular weight is 354 g/mol. The molecule has 1 atom stereocenters. The highest BCUT2D eigenvalue weighted by atomic mass is 32.2.